The van der Waals surface area contributed by atoms with E-state index in [-0.39, 0.29) is 6.61 Å². The topological polar surface area (TPSA) is 89.8 Å². The van der Waals surface area contributed by atoms with E-state index in [0.29, 0.717) is 4.48 Å². The highest BCUT2D eigenvalue weighted by molar-refractivity contribution is 9.11. The van der Waals surface area contributed by atoms with Crippen molar-refractivity contribution in [3.8, 4) is 0 Å². The molecule has 0 aromatic heterocycles. The van der Waals surface area contributed by atoms with Gasteiger partial charge in [-0.3, -0.25) is 24.6 Å². The Morgan fingerprint density at radius 1 is 1.28 bits per heavy atom. The van der Waals surface area contributed by atoms with Crippen LogP contribution >= 0.6 is 15.9 Å². The van der Waals surface area contributed by atoms with Crippen molar-refractivity contribution in [2.75, 3.05) is 0 Å². The van der Waals surface area contributed by atoms with Gasteiger partial charge in [-0.15, -0.1) is 0 Å². The third kappa shape index (κ3) is 4.02. The molecule has 132 valence electrons. The fraction of sp³-hybridized carbons (Fsp3) is 0.294. The van der Waals surface area contributed by atoms with Crippen LogP contribution in [0.3, 0.4) is 0 Å². The Balaban J connectivity index is 2.45. The molecule has 2 amide bonds. The van der Waals surface area contributed by atoms with Crippen LogP contribution in [0.25, 0.3) is 0 Å². The largest absolute Gasteiger partial charge is 0.370 e. The number of nitrogens with zero attached hydrogens (tertiary/aromatic N) is 2. The summed E-state index contributed by atoms with van der Waals surface area (Å²) in [6.45, 7) is 2.32. The van der Waals surface area contributed by atoms with Crippen molar-refractivity contribution in [1.82, 2.24) is 4.90 Å². The molecule has 2 rings (SSSR count). The van der Waals surface area contributed by atoms with E-state index in [1.165, 1.54) is 26.0 Å². The second-order valence-electron chi connectivity index (χ2n) is 5.52. The molecular weight excluding hydrogens is 392 g/mol. The highest BCUT2D eigenvalue weighted by Gasteiger charge is 2.55. The summed E-state index contributed by atoms with van der Waals surface area (Å²) >= 11 is 3.21. The van der Waals surface area contributed by atoms with Crippen molar-refractivity contribution < 1.29 is 19.2 Å². The van der Waals surface area contributed by atoms with Crippen molar-refractivity contribution in [2.45, 2.75) is 32.2 Å². The first-order valence-corrected chi connectivity index (χ1v) is 8.26. The number of nitro groups is 1. The Labute approximate surface area is 153 Å². The molecule has 1 aromatic carbocycles. The molecule has 0 radical (unpaired) electrons. The van der Waals surface area contributed by atoms with E-state index in [2.05, 4.69) is 15.9 Å². The molecule has 0 saturated carbocycles. The number of hydrogen-bond acceptors (Lipinski definition) is 5. The lowest BCUT2D eigenvalue weighted by Crippen LogP contribution is -2.60. The number of amides is 2. The quantitative estimate of drug-likeness (QED) is 0.424. The zero-order valence-corrected chi connectivity index (χ0v) is 15.3. The lowest BCUT2D eigenvalue weighted by Gasteiger charge is -2.36. The summed E-state index contributed by atoms with van der Waals surface area (Å²) < 4.78 is 6.11. The summed E-state index contributed by atoms with van der Waals surface area (Å²) in [6, 6.07) is 7.75. The number of allylic oxidation sites excluding steroid dienone is 2. The minimum Gasteiger partial charge on any atom is -0.305 e. The van der Waals surface area contributed by atoms with Gasteiger partial charge >= 0.3 is 5.72 Å². The van der Waals surface area contributed by atoms with Crippen molar-refractivity contribution in [3.05, 3.63) is 68.7 Å². The number of halogens is 1. The van der Waals surface area contributed by atoms with Gasteiger partial charge in [-0.25, -0.2) is 0 Å². The Kier molecular flexibility index (Phi) is 5.86. The van der Waals surface area contributed by atoms with Crippen LogP contribution in [0.5, 0.6) is 0 Å². The number of rotatable bonds is 5. The van der Waals surface area contributed by atoms with Crippen LogP contribution in [0.1, 0.15) is 19.4 Å². The highest BCUT2D eigenvalue weighted by atomic mass is 79.9. The second kappa shape index (κ2) is 7.71. The predicted octanol–water partition coefficient (Wildman–Crippen LogP) is 2.79. The van der Waals surface area contributed by atoms with Crippen molar-refractivity contribution in [3.63, 3.8) is 0 Å². The van der Waals surface area contributed by atoms with Crippen molar-refractivity contribution >= 4 is 27.7 Å². The first kappa shape index (κ1) is 19.0. The summed E-state index contributed by atoms with van der Waals surface area (Å²) in [7, 11) is 0. The van der Waals surface area contributed by atoms with E-state index in [1.807, 2.05) is 6.07 Å². The Morgan fingerprint density at radius 2 is 1.88 bits per heavy atom. The molecule has 8 heteroatoms. The third-order valence-electron chi connectivity index (χ3n) is 3.76. The summed E-state index contributed by atoms with van der Waals surface area (Å²) in [4.78, 5) is 36.0. The number of benzene rings is 1. The van der Waals surface area contributed by atoms with E-state index >= 15 is 0 Å². The zero-order chi connectivity index (χ0) is 18.6. The second-order valence-corrected chi connectivity index (χ2v) is 6.44. The SMILES string of the molecule is CC(=O)N(C(C)=O)C1C=CC(Br)=CC1(OCc1ccccc1)[N+](=O)[O-]. The van der Waals surface area contributed by atoms with Gasteiger partial charge < -0.3 is 4.74 Å². The van der Waals surface area contributed by atoms with Crippen LogP contribution in [0, 0.1) is 10.1 Å². The van der Waals surface area contributed by atoms with Gasteiger partial charge in [0.1, 0.15) is 0 Å². The van der Waals surface area contributed by atoms with Gasteiger partial charge in [0.2, 0.25) is 11.8 Å². The summed E-state index contributed by atoms with van der Waals surface area (Å²) in [5, 5.41) is 11.9. The number of imide groups is 1. The number of hydrogen-bond donors (Lipinski definition) is 0. The molecule has 1 aliphatic rings. The normalized spacial score (nSPS) is 22.2. The highest BCUT2D eigenvalue weighted by Crippen LogP contribution is 2.33. The van der Waals surface area contributed by atoms with Gasteiger partial charge in [0.05, 0.1) is 11.5 Å². The molecule has 1 aliphatic carbocycles. The van der Waals surface area contributed by atoms with Crippen molar-refractivity contribution in [2.24, 2.45) is 0 Å². The molecule has 0 aliphatic heterocycles. The number of ether oxygens (including phenoxy) is 1. The van der Waals surface area contributed by atoms with Crippen LogP contribution in [0.15, 0.2) is 53.0 Å². The maximum atomic E-state index is 11.9. The maximum absolute atomic E-state index is 11.9. The van der Waals surface area contributed by atoms with Crippen LogP contribution in [-0.2, 0) is 20.9 Å². The van der Waals surface area contributed by atoms with E-state index in [0.717, 1.165) is 10.5 Å². The van der Waals surface area contributed by atoms with Crippen LogP contribution in [-0.4, -0.2) is 33.4 Å². The van der Waals surface area contributed by atoms with Crippen LogP contribution < -0.4 is 0 Å². The number of carbonyl (C=O) groups is 2. The smallest absolute Gasteiger partial charge is 0.305 e. The zero-order valence-electron chi connectivity index (χ0n) is 13.7. The average Bonchev–Trinajstić information content (AvgIpc) is 2.55. The summed E-state index contributed by atoms with van der Waals surface area (Å²) in [5.74, 6) is -1.19. The molecule has 2 unspecified atom stereocenters. The summed E-state index contributed by atoms with van der Waals surface area (Å²) in [5.41, 5.74) is -1.35. The van der Waals surface area contributed by atoms with Gasteiger partial charge in [0.25, 0.3) is 0 Å². The number of carbonyl (C=O) groups excluding carboxylic acids is 2. The standard InChI is InChI=1S/C17H17BrN2O5/c1-12(21)19(13(2)22)16-9-8-15(18)10-17(16,20(23)24)25-11-14-6-4-3-5-7-14/h3-10,16H,11H2,1-2H3. The lowest BCUT2D eigenvalue weighted by atomic mass is 9.96. The fourth-order valence-electron chi connectivity index (χ4n) is 2.65. The Bertz CT molecular complexity index is 733. The molecule has 0 spiro atoms. The third-order valence-corrected chi connectivity index (χ3v) is 4.25. The fourth-order valence-corrected chi connectivity index (χ4v) is 3.13. The molecule has 0 bridgehead atoms. The van der Waals surface area contributed by atoms with Gasteiger partial charge in [0, 0.05) is 24.4 Å². The molecule has 0 saturated heterocycles. The van der Waals surface area contributed by atoms with E-state index in [4.69, 9.17) is 4.74 Å². The molecule has 0 fully saturated rings. The molecule has 25 heavy (non-hydrogen) atoms. The van der Waals surface area contributed by atoms with Gasteiger partial charge in [0.15, 0.2) is 6.04 Å². The van der Waals surface area contributed by atoms with Gasteiger partial charge in [-0.1, -0.05) is 52.3 Å². The van der Waals surface area contributed by atoms with E-state index in [1.54, 1.807) is 30.3 Å². The molecule has 0 heterocycles. The maximum Gasteiger partial charge on any atom is 0.370 e. The monoisotopic (exact) mass is 408 g/mol. The molecule has 7 nitrogen and oxygen atoms in total. The van der Waals surface area contributed by atoms with Crippen LogP contribution in [0.2, 0.25) is 0 Å². The summed E-state index contributed by atoms with van der Waals surface area (Å²) in [6.07, 6.45) is 4.23. The van der Waals surface area contributed by atoms with E-state index < -0.39 is 28.5 Å². The van der Waals surface area contributed by atoms with E-state index in [9.17, 15) is 19.7 Å². The lowest BCUT2D eigenvalue weighted by molar-refractivity contribution is -0.620. The minimum absolute atomic E-state index is 0.0490. The van der Waals surface area contributed by atoms with Gasteiger partial charge in [-0.2, -0.15) is 0 Å². The van der Waals surface area contributed by atoms with Crippen molar-refractivity contribution in [1.29, 1.82) is 0 Å². The molecule has 2 atom stereocenters. The molecule has 1 aromatic rings. The van der Waals surface area contributed by atoms with Crippen LogP contribution in [0.4, 0.5) is 0 Å². The molecule has 0 N–H and O–H groups in total. The Hall–Kier alpha value is -2.32. The molecular formula is C17H17BrN2O5. The first-order valence-electron chi connectivity index (χ1n) is 7.47. The average molecular weight is 409 g/mol. The predicted molar refractivity (Wildman–Crippen MR) is 94.1 cm³/mol. The van der Waals surface area contributed by atoms with Gasteiger partial charge in [-0.05, 0) is 11.6 Å². The minimum atomic E-state index is -2.08. The Morgan fingerprint density at radius 3 is 2.40 bits per heavy atom. The first-order chi connectivity index (χ1) is 11.8.